The molecule has 0 saturated heterocycles. The van der Waals surface area contributed by atoms with Crippen molar-refractivity contribution in [1.82, 2.24) is 19.7 Å². The summed E-state index contributed by atoms with van der Waals surface area (Å²) < 4.78 is 12.7. The van der Waals surface area contributed by atoms with Crippen molar-refractivity contribution in [2.24, 2.45) is 0 Å². The maximum atomic E-state index is 12.6. The highest BCUT2D eigenvalue weighted by Gasteiger charge is 2.25. The van der Waals surface area contributed by atoms with E-state index in [0.29, 0.717) is 36.2 Å². The standard InChI is InChI=1S/C26H29N7O3/c1-5-9-32(3)20-12-15(2)19(13-18(20)27)29-26-28-14-17(25(34)35-4)22(30-26)23-16-7-6-8-21-24(16)33(31-23)10-11-36-21/h6-8,12-14H,5,9-11,27H2,1-4H3,(H,28,29,30). The number of rotatable bonds is 7. The fourth-order valence-corrected chi connectivity index (χ4v) is 4.53. The molecule has 0 aliphatic carbocycles. The van der Waals surface area contributed by atoms with Gasteiger partial charge in [-0.05, 0) is 37.1 Å². The number of anilines is 4. The summed E-state index contributed by atoms with van der Waals surface area (Å²) in [4.78, 5) is 23.9. The van der Waals surface area contributed by atoms with E-state index in [1.165, 1.54) is 13.3 Å². The van der Waals surface area contributed by atoms with E-state index in [9.17, 15) is 4.79 Å². The van der Waals surface area contributed by atoms with E-state index < -0.39 is 5.97 Å². The summed E-state index contributed by atoms with van der Waals surface area (Å²) in [5, 5.41) is 8.89. The Balaban J connectivity index is 1.58. The molecule has 3 heterocycles. The molecule has 10 heteroatoms. The number of nitrogens with zero attached hydrogens (tertiary/aromatic N) is 5. The smallest absolute Gasteiger partial charge is 0.341 e. The van der Waals surface area contributed by atoms with E-state index in [0.717, 1.165) is 46.6 Å². The molecule has 0 spiro atoms. The number of nitrogens with one attached hydrogen (secondary N) is 1. The monoisotopic (exact) mass is 487 g/mol. The van der Waals surface area contributed by atoms with Gasteiger partial charge in [0.1, 0.15) is 34.8 Å². The molecule has 0 saturated carbocycles. The number of para-hydroxylation sites is 1. The molecule has 4 aromatic rings. The number of aromatic nitrogens is 4. The summed E-state index contributed by atoms with van der Waals surface area (Å²) >= 11 is 0. The van der Waals surface area contributed by atoms with E-state index in [1.54, 1.807) is 0 Å². The molecule has 0 amide bonds. The van der Waals surface area contributed by atoms with Crippen LogP contribution in [0, 0.1) is 6.92 Å². The minimum absolute atomic E-state index is 0.230. The number of carbonyl (C=O) groups excluding carboxylic acids is 1. The third-order valence-corrected chi connectivity index (χ3v) is 6.30. The van der Waals surface area contributed by atoms with Gasteiger partial charge in [0.2, 0.25) is 5.95 Å². The van der Waals surface area contributed by atoms with Crippen LogP contribution in [0.1, 0.15) is 29.3 Å². The Kier molecular flexibility index (Phi) is 6.09. The Morgan fingerprint density at radius 2 is 2.14 bits per heavy atom. The van der Waals surface area contributed by atoms with Crippen molar-refractivity contribution in [1.29, 1.82) is 0 Å². The number of nitrogens with two attached hydrogens (primary N) is 1. The lowest BCUT2D eigenvalue weighted by molar-refractivity contribution is 0.0600. The number of hydrogen-bond donors (Lipinski definition) is 2. The van der Waals surface area contributed by atoms with Crippen molar-refractivity contribution in [3.63, 3.8) is 0 Å². The average Bonchev–Trinajstić information content (AvgIpc) is 3.26. The lowest BCUT2D eigenvalue weighted by Crippen LogP contribution is -2.19. The van der Waals surface area contributed by atoms with Crippen LogP contribution in [0.3, 0.4) is 0 Å². The van der Waals surface area contributed by atoms with Gasteiger partial charge in [0, 0.05) is 30.9 Å². The zero-order valence-electron chi connectivity index (χ0n) is 20.8. The van der Waals surface area contributed by atoms with Crippen LogP contribution in [-0.4, -0.2) is 53.0 Å². The predicted octanol–water partition coefficient (Wildman–Crippen LogP) is 4.15. The molecule has 0 atom stereocenters. The van der Waals surface area contributed by atoms with Crippen molar-refractivity contribution in [3.8, 4) is 17.1 Å². The first kappa shape index (κ1) is 23.4. The number of methoxy groups -OCH3 is 1. The van der Waals surface area contributed by atoms with Crippen molar-refractivity contribution in [2.75, 3.05) is 43.3 Å². The lowest BCUT2D eigenvalue weighted by Gasteiger charge is -2.22. The zero-order valence-corrected chi connectivity index (χ0v) is 20.8. The molecular formula is C26H29N7O3. The molecule has 5 rings (SSSR count). The minimum atomic E-state index is -0.537. The van der Waals surface area contributed by atoms with Gasteiger partial charge in [0.05, 0.1) is 25.0 Å². The molecular weight excluding hydrogens is 458 g/mol. The molecule has 0 radical (unpaired) electrons. The second-order valence-electron chi connectivity index (χ2n) is 8.79. The largest absolute Gasteiger partial charge is 0.489 e. The minimum Gasteiger partial charge on any atom is -0.489 e. The summed E-state index contributed by atoms with van der Waals surface area (Å²) in [6.45, 7) is 6.17. The highest BCUT2D eigenvalue weighted by atomic mass is 16.5. The molecule has 0 fully saturated rings. The molecule has 36 heavy (non-hydrogen) atoms. The maximum Gasteiger partial charge on any atom is 0.341 e. The van der Waals surface area contributed by atoms with E-state index in [2.05, 4.69) is 22.1 Å². The molecule has 1 aliphatic rings. The van der Waals surface area contributed by atoms with Gasteiger partial charge in [0.25, 0.3) is 0 Å². The van der Waals surface area contributed by atoms with Crippen LogP contribution in [-0.2, 0) is 11.3 Å². The van der Waals surface area contributed by atoms with E-state index in [4.69, 9.17) is 25.3 Å². The first-order valence-electron chi connectivity index (χ1n) is 11.9. The molecule has 10 nitrogen and oxygen atoms in total. The van der Waals surface area contributed by atoms with Gasteiger partial charge in [-0.2, -0.15) is 5.10 Å². The summed E-state index contributed by atoms with van der Waals surface area (Å²) in [5.41, 5.74) is 11.8. The number of esters is 1. The van der Waals surface area contributed by atoms with Crippen LogP contribution in [0.15, 0.2) is 36.5 Å². The Morgan fingerprint density at radius 1 is 1.31 bits per heavy atom. The van der Waals surface area contributed by atoms with Gasteiger partial charge in [-0.25, -0.2) is 14.8 Å². The highest BCUT2D eigenvalue weighted by molar-refractivity contribution is 6.02. The predicted molar refractivity (Wildman–Crippen MR) is 140 cm³/mol. The molecule has 3 N–H and O–H groups in total. The lowest BCUT2D eigenvalue weighted by atomic mass is 10.1. The first-order chi connectivity index (χ1) is 17.4. The van der Waals surface area contributed by atoms with Crippen molar-refractivity contribution >= 4 is 39.9 Å². The third kappa shape index (κ3) is 4.04. The van der Waals surface area contributed by atoms with Crippen molar-refractivity contribution in [3.05, 3.63) is 47.7 Å². The van der Waals surface area contributed by atoms with Gasteiger partial charge in [-0.3, -0.25) is 4.68 Å². The summed E-state index contributed by atoms with van der Waals surface area (Å²) in [5.74, 6) is 0.536. The summed E-state index contributed by atoms with van der Waals surface area (Å²) in [7, 11) is 3.36. The molecule has 2 aromatic carbocycles. The Morgan fingerprint density at radius 3 is 2.92 bits per heavy atom. The molecule has 0 bridgehead atoms. The van der Waals surface area contributed by atoms with Crippen LogP contribution in [0.5, 0.6) is 5.75 Å². The molecule has 0 unspecified atom stereocenters. The van der Waals surface area contributed by atoms with Gasteiger partial charge in [-0.1, -0.05) is 19.1 Å². The maximum absolute atomic E-state index is 12.6. The fraction of sp³-hybridized carbons (Fsp3) is 0.308. The van der Waals surface area contributed by atoms with Gasteiger partial charge in [0.15, 0.2) is 0 Å². The van der Waals surface area contributed by atoms with E-state index in [1.807, 2.05) is 49.0 Å². The van der Waals surface area contributed by atoms with Crippen LogP contribution in [0.2, 0.25) is 0 Å². The fourth-order valence-electron chi connectivity index (χ4n) is 4.53. The van der Waals surface area contributed by atoms with E-state index >= 15 is 0 Å². The Labute approximate surface area is 209 Å². The van der Waals surface area contributed by atoms with Gasteiger partial charge >= 0.3 is 5.97 Å². The number of hydrogen-bond acceptors (Lipinski definition) is 9. The van der Waals surface area contributed by atoms with Crippen molar-refractivity contribution < 1.29 is 14.3 Å². The normalized spacial score (nSPS) is 12.3. The quantitative estimate of drug-likeness (QED) is 0.292. The van der Waals surface area contributed by atoms with Crippen LogP contribution < -0.4 is 20.7 Å². The Bertz CT molecular complexity index is 1460. The van der Waals surface area contributed by atoms with Crippen LogP contribution >= 0.6 is 0 Å². The van der Waals surface area contributed by atoms with E-state index in [-0.39, 0.29) is 5.56 Å². The first-order valence-corrected chi connectivity index (χ1v) is 11.9. The van der Waals surface area contributed by atoms with Gasteiger partial charge in [-0.15, -0.1) is 0 Å². The van der Waals surface area contributed by atoms with Crippen LogP contribution in [0.4, 0.5) is 23.0 Å². The van der Waals surface area contributed by atoms with Gasteiger partial charge < -0.3 is 25.4 Å². The summed E-state index contributed by atoms with van der Waals surface area (Å²) in [6.07, 6.45) is 2.49. The average molecular weight is 488 g/mol. The topological polar surface area (TPSA) is 120 Å². The number of nitrogen functional groups attached to an aromatic ring is 1. The number of carbonyl (C=O) groups is 1. The van der Waals surface area contributed by atoms with Crippen LogP contribution in [0.25, 0.3) is 22.3 Å². The summed E-state index contributed by atoms with van der Waals surface area (Å²) in [6, 6.07) is 9.68. The third-order valence-electron chi connectivity index (χ3n) is 6.30. The number of aryl methyl sites for hydroxylation is 1. The number of ether oxygens (including phenoxy) is 2. The second-order valence-corrected chi connectivity index (χ2v) is 8.79. The zero-order chi connectivity index (χ0) is 25.4. The second kappa shape index (κ2) is 9.37. The molecule has 1 aliphatic heterocycles. The van der Waals surface area contributed by atoms with Crippen molar-refractivity contribution in [2.45, 2.75) is 26.8 Å². The SMILES string of the molecule is CCCN(C)c1cc(C)c(Nc2ncc(C(=O)OC)c(-c3nn4c5c(cccc35)OCC4)n2)cc1N. The Hall–Kier alpha value is -4.34. The highest BCUT2D eigenvalue weighted by Crippen LogP contribution is 2.37. The molecule has 186 valence electrons. The number of benzene rings is 2. The molecule has 2 aromatic heterocycles.